The summed E-state index contributed by atoms with van der Waals surface area (Å²) in [7, 11) is 1.19. The first-order valence-electron chi connectivity index (χ1n) is 6.09. The summed E-state index contributed by atoms with van der Waals surface area (Å²) in [4.78, 5) is 37.4. The Kier molecular flexibility index (Phi) is 3.13. The average Bonchev–Trinajstić information content (AvgIpc) is 3.00. The van der Waals surface area contributed by atoms with Gasteiger partial charge in [-0.3, -0.25) is 15.0 Å². The van der Waals surface area contributed by atoms with E-state index in [1.807, 2.05) is 0 Å². The molecule has 2 atom stereocenters. The summed E-state index contributed by atoms with van der Waals surface area (Å²) in [5.74, 6) is -2.70. The van der Waals surface area contributed by atoms with Crippen LogP contribution in [0.1, 0.15) is 0 Å². The number of carbonyl (C=O) groups excluding carboxylic acids is 3. The molecule has 2 aliphatic heterocycles. The van der Waals surface area contributed by atoms with Crippen LogP contribution in [0.4, 0.5) is 5.69 Å². The van der Waals surface area contributed by atoms with E-state index in [-0.39, 0.29) is 5.71 Å². The van der Waals surface area contributed by atoms with Crippen molar-refractivity contribution in [2.24, 2.45) is 11.0 Å². The van der Waals surface area contributed by atoms with Gasteiger partial charge < -0.3 is 4.74 Å². The number of methoxy groups -OCH3 is 1. The van der Waals surface area contributed by atoms with Gasteiger partial charge in [0.05, 0.1) is 12.8 Å². The summed E-state index contributed by atoms with van der Waals surface area (Å²) < 4.78 is 4.57. The molecule has 0 bridgehead atoms. The molecule has 1 N–H and O–H groups in total. The Hall–Kier alpha value is -2.41. The molecule has 2 amide bonds. The lowest BCUT2D eigenvalue weighted by Gasteiger charge is -2.15. The number of hydrogen-bond donors (Lipinski definition) is 1. The van der Waals surface area contributed by atoms with E-state index >= 15 is 0 Å². The van der Waals surface area contributed by atoms with Crippen molar-refractivity contribution < 1.29 is 19.1 Å². The number of carbonyl (C=O) groups is 3. The highest BCUT2D eigenvalue weighted by atomic mass is 35.5. The molecule has 2 aliphatic rings. The molecule has 1 fully saturated rings. The Bertz CT molecular complexity index is 688. The van der Waals surface area contributed by atoms with E-state index in [0.717, 1.165) is 4.90 Å². The predicted molar refractivity (Wildman–Crippen MR) is 73.8 cm³/mol. The molecule has 108 valence electrons. The topological polar surface area (TPSA) is 88.1 Å². The highest BCUT2D eigenvalue weighted by Crippen LogP contribution is 2.31. The van der Waals surface area contributed by atoms with Crippen LogP contribution < -0.4 is 10.3 Å². The molecule has 3 rings (SSSR count). The van der Waals surface area contributed by atoms with Crippen LogP contribution in [0, 0.1) is 5.92 Å². The van der Waals surface area contributed by atoms with Crippen LogP contribution in [0.25, 0.3) is 0 Å². The van der Waals surface area contributed by atoms with Crippen molar-refractivity contribution in [3.8, 4) is 0 Å². The number of hydrogen-bond acceptors (Lipinski definition) is 6. The van der Waals surface area contributed by atoms with Crippen LogP contribution in [0.3, 0.4) is 0 Å². The van der Waals surface area contributed by atoms with Crippen LogP contribution in [0.5, 0.6) is 0 Å². The zero-order valence-corrected chi connectivity index (χ0v) is 11.6. The maximum absolute atomic E-state index is 12.5. The number of nitrogens with one attached hydrogen (secondary N) is 1. The number of esters is 1. The molecule has 2 heterocycles. The maximum atomic E-state index is 12.5. The van der Waals surface area contributed by atoms with Crippen molar-refractivity contribution in [3.63, 3.8) is 0 Å². The maximum Gasteiger partial charge on any atom is 0.355 e. The smallest absolute Gasteiger partial charge is 0.355 e. The average molecular weight is 308 g/mol. The van der Waals surface area contributed by atoms with Gasteiger partial charge in [-0.1, -0.05) is 17.7 Å². The van der Waals surface area contributed by atoms with E-state index < -0.39 is 29.7 Å². The number of hydrazone groups is 1. The number of imide groups is 1. The molecule has 0 saturated carbocycles. The second kappa shape index (κ2) is 4.85. The van der Waals surface area contributed by atoms with E-state index in [0.29, 0.717) is 10.7 Å². The van der Waals surface area contributed by atoms with E-state index in [4.69, 9.17) is 11.6 Å². The van der Waals surface area contributed by atoms with E-state index in [1.54, 1.807) is 18.2 Å². The summed E-state index contributed by atoms with van der Waals surface area (Å²) in [5.41, 5.74) is 2.79. The first-order chi connectivity index (χ1) is 10.0. The Labute approximate surface area is 124 Å². The Morgan fingerprint density at radius 3 is 2.81 bits per heavy atom. The van der Waals surface area contributed by atoms with Gasteiger partial charge >= 0.3 is 5.97 Å². The fraction of sp³-hybridized carbons (Fsp3) is 0.231. The molecule has 0 radical (unpaired) electrons. The fourth-order valence-electron chi connectivity index (χ4n) is 2.43. The molecule has 1 saturated heterocycles. The summed E-state index contributed by atoms with van der Waals surface area (Å²) in [5, 5.41) is 4.14. The van der Waals surface area contributed by atoms with Gasteiger partial charge in [-0.15, -0.1) is 0 Å². The van der Waals surface area contributed by atoms with Gasteiger partial charge in [0.15, 0.2) is 5.71 Å². The van der Waals surface area contributed by atoms with Gasteiger partial charge in [0.25, 0.3) is 5.91 Å². The molecule has 0 aliphatic carbocycles. The number of fused-ring (bicyclic) bond motifs is 1. The second-order valence-corrected chi connectivity index (χ2v) is 5.00. The third-order valence-electron chi connectivity index (χ3n) is 3.39. The molecule has 0 aromatic heterocycles. The van der Waals surface area contributed by atoms with Crippen molar-refractivity contribution >= 4 is 40.8 Å². The minimum atomic E-state index is -0.969. The van der Waals surface area contributed by atoms with Crippen molar-refractivity contribution in [1.82, 2.24) is 5.43 Å². The molecular formula is C13H10ClN3O4. The number of amides is 2. The first kappa shape index (κ1) is 13.6. The van der Waals surface area contributed by atoms with E-state index in [9.17, 15) is 14.4 Å². The minimum absolute atomic E-state index is 0.0922. The van der Waals surface area contributed by atoms with Crippen LogP contribution in [0.15, 0.2) is 29.4 Å². The third kappa shape index (κ3) is 1.97. The van der Waals surface area contributed by atoms with Crippen LogP contribution >= 0.6 is 11.6 Å². The SMILES string of the molecule is COC(=O)C1=NN[C@H]2C(=O)N(c3cccc(Cl)c3)C(=O)[C@H]12. The van der Waals surface area contributed by atoms with Crippen LogP contribution in [-0.4, -0.2) is 36.6 Å². The second-order valence-electron chi connectivity index (χ2n) is 4.56. The number of halogens is 1. The first-order valence-corrected chi connectivity index (χ1v) is 6.47. The predicted octanol–water partition coefficient (Wildman–Crippen LogP) is 0.330. The standard InChI is InChI=1S/C13H10ClN3O4/c1-21-13(20)10-8-9(15-16-10)12(19)17(11(8)18)7-4-2-3-6(14)5-7/h2-5,8-9,15H,1H3/t8-,9+/m0/s1. The lowest BCUT2D eigenvalue weighted by Crippen LogP contribution is -2.36. The summed E-state index contributed by atoms with van der Waals surface area (Å²) in [6.07, 6.45) is 0. The number of rotatable bonds is 2. The lowest BCUT2D eigenvalue weighted by atomic mass is 9.99. The van der Waals surface area contributed by atoms with Gasteiger partial charge in [0.2, 0.25) is 5.91 Å². The van der Waals surface area contributed by atoms with Crippen molar-refractivity contribution in [2.75, 3.05) is 12.0 Å². The third-order valence-corrected chi connectivity index (χ3v) is 3.62. The molecule has 1 aromatic carbocycles. The van der Waals surface area contributed by atoms with Gasteiger partial charge in [-0.2, -0.15) is 5.10 Å². The van der Waals surface area contributed by atoms with Crippen molar-refractivity contribution in [2.45, 2.75) is 6.04 Å². The van der Waals surface area contributed by atoms with Crippen molar-refractivity contribution in [3.05, 3.63) is 29.3 Å². The zero-order valence-electron chi connectivity index (χ0n) is 10.9. The van der Waals surface area contributed by atoms with Gasteiger partial charge in [-0.05, 0) is 18.2 Å². The molecule has 1 aromatic rings. The largest absolute Gasteiger partial charge is 0.464 e. The number of nitrogens with zero attached hydrogens (tertiary/aromatic N) is 2. The molecule has 7 nitrogen and oxygen atoms in total. The van der Waals surface area contributed by atoms with E-state index in [1.165, 1.54) is 13.2 Å². The number of benzene rings is 1. The van der Waals surface area contributed by atoms with E-state index in [2.05, 4.69) is 15.3 Å². The Balaban J connectivity index is 1.98. The molecule has 0 unspecified atom stereocenters. The summed E-state index contributed by atoms with van der Waals surface area (Å²) in [6, 6.07) is 5.49. The molecular weight excluding hydrogens is 298 g/mol. The van der Waals surface area contributed by atoms with Gasteiger partial charge in [0.1, 0.15) is 12.0 Å². The molecule has 8 heteroatoms. The Morgan fingerprint density at radius 1 is 1.38 bits per heavy atom. The zero-order chi connectivity index (χ0) is 15.1. The minimum Gasteiger partial charge on any atom is -0.464 e. The molecule has 21 heavy (non-hydrogen) atoms. The monoisotopic (exact) mass is 307 g/mol. The number of anilines is 1. The fourth-order valence-corrected chi connectivity index (χ4v) is 2.62. The lowest BCUT2D eigenvalue weighted by molar-refractivity contribution is -0.133. The molecule has 0 spiro atoms. The normalized spacial score (nSPS) is 23.7. The highest BCUT2D eigenvalue weighted by molar-refractivity contribution is 6.46. The summed E-state index contributed by atoms with van der Waals surface area (Å²) in [6.45, 7) is 0. The summed E-state index contributed by atoms with van der Waals surface area (Å²) >= 11 is 5.88. The van der Waals surface area contributed by atoms with Crippen molar-refractivity contribution in [1.29, 1.82) is 0 Å². The Morgan fingerprint density at radius 2 is 2.14 bits per heavy atom. The van der Waals surface area contributed by atoms with Gasteiger partial charge in [-0.25, -0.2) is 9.69 Å². The number of ether oxygens (including phenoxy) is 1. The van der Waals surface area contributed by atoms with Gasteiger partial charge in [0, 0.05) is 5.02 Å². The highest BCUT2D eigenvalue weighted by Gasteiger charge is 2.55. The van der Waals surface area contributed by atoms with Crippen LogP contribution in [0.2, 0.25) is 5.02 Å². The quantitative estimate of drug-likeness (QED) is 0.628. The van der Waals surface area contributed by atoms with Crippen LogP contribution in [-0.2, 0) is 19.1 Å².